The van der Waals surface area contributed by atoms with E-state index in [1.165, 1.54) is 35.5 Å². The molecular formula is C28H29N5O4SSi. The maximum absolute atomic E-state index is 13.9. The first-order valence-corrected chi connectivity index (χ1v) is 15.3. The summed E-state index contributed by atoms with van der Waals surface area (Å²) in [4.78, 5) is 45.4. The van der Waals surface area contributed by atoms with E-state index in [1.807, 2.05) is 60.7 Å². The summed E-state index contributed by atoms with van der Waals surface area (Å²) >= 11 is 1.21. The zero-order valence-corrected chi connectivity index (χ0v) is 24.2. The van der Waals surface area contributed by atoms with Crippen LogP contribution in [-0.2, 0) is 9.22 Å². The smallest absolute Gasteiger partial charge is 0.330 e. The molecule has 5 rings (SSSR count). The predicted molar refractivity (Wildman–Crippen MR) is 155 cm³/mol. The van der Waals surface area contributed by atoms with Crippen LogP contribution in [0.1, 0.15) is 39.3 Å². The summed E-state index contributed by atoms with van der Waals surface area (Å²) in [6, 6.07) is 18.3. The molecule has 0 aliphatic rings. The molecule has 0 radical (unpaired) electrons. The Labute approximate surface area is 229 Å². The Bertz CT molecular complexity index is 1710. The van der Waals surface area contributed by atoms with Gasteiger partial charge in [0, 0.05) is 5.56 Å². The molecule has 3 heterocycles. The molecule has 0 bridgehead atoms. The Balaban J connectivity index is 1.63. The number of aromatic nitrogens is 5. The molecule has 5 aromatic rings. The largest absolute Gasteiger partial charge is 0.508 e. The fourth-order valence-electron chi connectivity index (χ4n) is 5.07. The number of hydrogen-bond donors (Lipinski definition) is 1. The number of aryl methyl sites for hydroxylation is 1. The van der Waals surface area contributed by atoms with Crippen molar-refractivity contribution in [2.24, 2.45) is 0 Å². The van der Waals surface area contributed by atoms with Crippen molar-refractivity contribution < 1.29 is 9.22 Å². The van der Waals surface area contributed by atoms with E-state index >= 15 is 0 Å². The van der Waals surface area contributed by atoms with Crippen LogP contribution in [0.15, 0.2) is 82.6 Å². The number of carbonyl (C=O) groups is 1. The number of aromatic amines is 1. The van der Waals surface area contributed by atoms with E-state index < -0.39 is 36.6 Å². The lowest BCUT2D eigenvalue weighted by Gasteiger charge is -2.42. The first kappa shape index (κ1) is 26.5. The number of rotatable bonds is 6. The number of nitrogens with one attached hydrogen (secondary N) is 1. The first-order chi connectivity index (χ1) is 18.6. The van der Waals surface area contributed by atoms with E-state index in [4.69, 9.17) is 4.43 Å². The molecular weight excluding hydrogens is 530 g/mol. The van der Waals surface area contributed by atoms with E-state index in [2.05, 4.69) is 36.0 Å². The van der Waals surface area contributed by atoms with E-state index in [9.17, 15) is 14.4 Å². The maximum Gasteiger partial charge on any atom is 0.330 e. The highest BCUT2D eigenvalue weighted by Gasteiger charge is 2.53. The summed E-state index contributed by atoms with van der Waals surface area (Å²) in [5.74, 6) is -0.641. The SMILES string of the molecule is Cc1c(-n2nccn2)sc2[nH]c(=O)n([C@H](C)C(=O)O[Si](c3ccccc3)(c3ccccc3)C(C)(C)C)c(=O)c12. The molecule has 39 heavy (non-hydrogen) atoms. The average Bonchev–Trinajstić information content (AvgIpc) is 3.55. The fraction of sp³-hybridized carbons (Fsp3) is 0.250. The Kier molecular flexibility index (Phi) is 6.73. The van der Waals surface area contributed by atoms with Crippen LogP contribution in [-0.4, -0.2) is 38.8 Å². The van der Waals surface area contributed by atoms with Crippen LogP contribution < -0.4 is 21.6 Å². The third kappa shape index (κ3) is 4.37. The van der Waals surface area contributed by atoms with Crippen LogP contribution in [0, 0.1) is 6.92 Å². The molecule has 0 saturated carbocycles. The van der Waals surface area contributed by atoms with E-state index in [0.717, 1.165) is 14.9 Å². The number of nitrogens with zero attached hydrogens (tertiary/aromatic N) is 4. The molecule has 0 spiro atoms. The Hall–Kier alpha value is -4.09. The minimum atomic E-state index is -3.23. The third-order valence-corrected chi connectivity index (χ3v) is 13.1. The van der Waals surface area contributed by atoms with Crippen LogP contribution in [0.5, 0.6) is 0 Å². The molecule has 9 nitrogen and oxygen atoms in total. The quantitative estimate of drug-likeness (QED) is 0.320. The Morgan fingerprint density at radius 1 is 0.974 bits per heavy atom. The normalized spacial score (nSPS) is 12.9. The van der Waals surface area contributed by atoms with E-state index in [0.29, 0.717) is 20.8 Å². The van der Waals surface area contributed by atoms with Crippen molar-refractivity contribution in [2.45, 2.75) is 45.7 Å². The molecule has 0 amide bonds. The van der Waals surface area contributed by atoms with Gasteiger partial charge in [-0.05, 0) is 29.3 Å². The lowest BCUT2D eigenvalue weighted by atomic mass is 10.2. The molecule has 0 unspecified atom stereocenters. The topological polar surface area (TPSA) is 112 Å². The molecule has 11 heteroatoms. The fourth-order valence-corrected chi connectivity index (χ4v) is 10.6. The molecule has 0 aliphatic heterocycles. The van der Waals surface area contributed by atoms with Gasteiger partial charge in [0.25, 0.3) is 5.56 Å². The van der Waals surface area contributed by atoms with Crippen LogP contribution in [0.3, 0.4) is 0 Å². The lowest BCUT2D eigenvalue weighted by molar-refractivity contribution is -0.138. The molecule has 200 valence electrons. The zero-order chi connectivity index (χ0) is 27.9. The van der Waals surface area contributed by atoms with Gasteiger partial charge in [-0.25, -0.2) is 9.36 Å². The minimum Gasteiger partial charge on any atom is -0.508 e. The number of thiophene rings is 1. The number of H-pyrrole nitrogens is 1. The molecule has 1 atom stereocenters. The number of benzene rings is 2. The molecule has 0 aliphatic carbocycles. The van der Waals surface area contributed by atoms with Gasteiger partial charge in [-0.15, -0.1) is 4.80 Å². The van der Waals surface area contributed by atoms with Crippen molar-refractivity contribution in [2.75, 3.05) is 0 Å². The van der Waals surface area contributed by atoms with Gasteiger partial charge in [-0.1, -0.05) is 92.8 Å². The van der Waals surface area contributed by atoms with Crippen molar-refractivity contribution in [1.82, 2.24) is 24.5 Å². The van der Waals surface area contributed by atoms with Gasteiger partial charge in [-0.2, -0.15) is 10.2 Å². The molecule has 0 saturated heterocycles. The Morgan fingerprint density at radius 2 is 1.51 bits per heavy atom. The standard InChI is InChI=1S/C28H29N5O4SSi/c1-18-22-23(38-25(18)33-29-16-17-30-33)31-27(36)32(24(22)34)19(2)26(35)37-39(28(3,4)5,20-12-8-6-9-13-20)21-14-10-7-11-15-21/h6-17,19H,1-5H3,(H,31,36)/t19-/m1/s1. The monoisotopic (exact) mass is 559 g/mol. The number of carbonyl (C=O) groups excluding carboxylic acids is 1. The van der Waals surface area contributed by atoms with Crippen molar-refractivity contribution in [1.29, 1.82) is 0 Å². The number of fused-ring (bicyclic) bond motifs is 1. The predicted octanol–water partition coefficient (Wildman–Crippen LogP) is 3.30. The summed E-state index contributed by atoms with van der Waals surface area (Å²) in [5, 5.41) is 10.6. The molecule has 0 fully saturated rings. The van der Waals surface area contributed by atoms with Gasteiger partial charge in [0.1, 0.15) is 15.9 Å². The average molecular weight is 560 g/mol. The zero-order valence-electron chi connectivity index (χ0n) is 22.3. The van der Waals surface area contributed by atoms with E-state index in [1.54, 1.807) is 6.92 Å². The minimum absolute atomic E-state index is 0.317. The van der Waals surface area contributed by atoms with Crippen LogP contribution in [0.4, 0.5) is 0 Å². The highest BCUT2D eigenvalue weighted by Crippen LogP contribution is 2.37. The van der Waals surface area contributed by atoms with Crippen molar-refractivity contribution in [3.8, 4) is 5.00 Å². The lowest BCUT2D eigenvalue weighted by Crippen LogP contribution is -2.67. The highest BCUT2D eigenvalue weighted by molar-refractivity contribution is 7.21. The molecule has 3 aromatic heterocycles. The van der Waals surface area contributed by atoms with E-state index in [-0.39, 0.29) is 0 Å². The van der Waals surface area contributed by atoms with Gasteiger partial charge in [0.15, 0.2) is 0 Å². The summed E-state index contributed by atoms with van der Waals surface area (Å²) in [7, 11) is -3.23. The summed E-state index contributed by atoms with van der Waals surface area (Å²) in [6.07, 6.45) is 3.07. The van der Waals surface area contributed by atoms with Crippen molar-refractivity contribution in [3.63, 3.8) is 0 Å². The number of hydrogen-bond acceptors (Lipinski definition) is 7. The van der Waals surface area contributed by atoms with Crippen molar-refractivity contribution >= 4 is 46.2 Å². The second-order valence-corrected chi connectivity index (χ2v) is 15.6. The summed E-state index contributed by atoms with van der Waals surface area (Å²) in [6.45, 7) is 9.47. The van der Waals surface area contributed by atoms with Crippen LogP contribution in [0.25, 0.3) is 15.2 Å². The van der Waals surface area contributed by atoms with Crippen LogP contribution in [0.2, 0.25) is 5.04 Å². The second-order valence-electron chi connectivity index (χ2n) is 10.4. The first-order valence-electron chi connectivity index (χ1n) is 12.5. The molecule has 1 N–H and O–H groups in total. The summed E-state index contributed by atoms with van der Waals surface area (Å²) in [5.41, 5.74) is -0.623. The van der Waals surface area contributed by atoms with Gasteiger partial charge in [0.2, 0.25) is 0 Å². The van der Waals surface area contributed by atoms with Crippen molar-refractivity contribution in [3.05, 3.63) is 99.5 Å². The second kappa shape index (κ2) is 9.90. The maximum atomic E-state index is 13.9. The molecule has 2 aromatic carbocycles. The van der Waals surface area contributed by atoms with Gasteiger partial charge in [0.05, 0.1) is 17.8 Å². The third-order valence-electron chi connectivity index (χ3n) is 6.99. The van der Waals surface area contributed by atoms with Gasteiger partial charge < -0.3 is 4.43 Å². The van der Waals surface area contributed by atoms with Gasteiger partial charge >= 0.3 is 20.0 Å². The highest BCUT2D eigenvalue weighted by atomic mass is 32.1. The van der Waals surface area contributed by atoms with Gasteiger partial charge in [-0.3, -0.25) is 14.6 Å². The van der Waals surface area contributed by atoms with Crippen LogP contribution >= 0.6 is 11.3 Å². The Morgan fingerprint density at radius 3 is 2.03 bits per heavy atom. The summed E-state index contributed by atoms with van der Waals surface area (Å²) < 4.78 is 7.52.